The zero-order valence-corrected chi connectivity index (χ0v) is 14.6. The molecule has 1 aliphatic rings. The maximum Gasteiger partial charge on any atom is 0.254 e. The molecule has 1 heterocycles. The SMILES string of the molecule is O=C(NCCCC(=O)N1CCCc2cccc(F)c21)c1ccc(F)cc1F. The lowest BCUT2D eigenvalue weighted by molar-refractivity contribution is -0.118. The number of nitrogens with zero attached hydrogens (tertiary/aromatic N) is 1. The average molecular weight is 376 g/mol. The molecule has 1 N–H and O–H groups in total. The predicted octanol–water partition coefficient (Wildman–Crippen LogP) is 3.59. The fraction of sp³-hybridized carbons (Fsp3) is 0.300. The number of carbonyl (C=O) groups is 2. The molecule has 7 heteroatoms. The predicted molar refractivity (Wildman–Crippen MR) is 95.0 cm³/mol. The van der Waals surface area contributed by atoms with E-state index in [0.717, 1.165) is 30.5 Å². The standard InChI is InChI=1S/C20H19F3N2O2/c21-14-8-9-15(17(23)12-14)20(27)24-10-2-7-18(26)25-11-3-5-13-4-1-6-16(22)19(13)25/h1,4,6,8-9,12H,2-3,5,7,10-11H2,(H,24,27). The molecular weight excluding hydrogens is 357 g/mol. The van der Waals surface area contributed by atoms with E-state index in [1.54, 1.807) is 6.07 Å². The highest BCUT2D eigenvalue weighted by Crippen LogP contribution is 2.30. The van der Waals surface area contributed by atoms with Crippen LogP contribution in [0.2, 0.25) is 0 Å². The number of amides is 2. The van der Waals surface area contributed by atoms with Gasteiger partial charge >= 0.3 is 0 Å². The number of rotatable bonds is 5. The van der Waals surface area contributed by atoms with Crippen molar-refractivity contribution in [1.29, 1.82) is 0 Å². The van der Waals surface area contributed by atoms with E-state index in [9.17, 15) is 22.8 Å². The maximum absolute atomic E-state index is 14.1. The van der Waals surface area contributed by atoms with Gasteiger partial charge < -0.3 is 10.2 Å². The molecule has 0 bridgehead atoms. The van der Waals surface area contributed by atoms with Gasteiger partial charge in [0.05, 0.1) is 11.3 Å². The Bertz CT molecular complexity index is 870. The van der Waals surface area contributed by atoms with Gasteiger partial charge in [0.15, 0.2) is 0 Å². The van der Waals surface area contributed by atoms with Crippen LogP contribution in [0.25, 0.3) is 0 Å². The van der Waals surface area contributed by atoms with Gasteiger partial charge in [-0.15, -0.1) is 0 Å². The van der Waals surface area contributed by atoms with Crippen molar-refractivity contribution in [2.45, 2.75) is 25.7 Å². The van der Waals surface area contributed by atoms with Gasteiger partial charge in [-0.3, -0.25) is 9.59 Å². The minimum Gasteiger partial charge on any atom is -0.352 e. The molecule has 0 atom stereocenters. The Morgan fingerprint density at radius 2 is 1.89 bits per heavy atom. The van der Waals surface area contributed by atoms with Gasteiger partial charge in [0.1, 0.15) is 17.5 Å². The number of hydrogen-bond acceptors (Lipinski definition) is 2. The van der Waals surface area contributed by atoms with Crippen molar-refractivity contribution in [3.05, 3.63) is 65.0 Å². The van der Waals surface area contributed by atoms with Crippen molar-refractivity contribution in [2.75, 3.05) is 18.0 Å². The van der Waals surface area contributed by atoms with Crippen molar-refractivity contribution in [2.24, 2.45) is 0 Å². The third-order valence-corrected chi connectivity index (χ3v) is 4.50. The molecule has 3 rings (SSSR count). The van der Waals surface area contributed by atoms with E-state index in [0.29, 0.717) is 24.7 Å². The van der Waals surface area contributed by atoms with E-state index in [-0.39, 0.29) is 24.4 Å². The Hall–Kier alpha value is -2.83. The van der Waals surface area contributed by atoms with E-state index < -0.39 is 23.4 Å². The molecule has 0 unspecified atom stereocenters. The Balaban J connectivity index is 1.53. The second-order valence-electron chi connectivity index (χ2n) is 6.38. The van der Waals surface area contributed by atoms with Crippen LogP contribution in [0.5, 0.6) is 0 Å². The molecule has 2 amide bonds. The van der Waals surface area contributed by atoms with Crippen molar-refractivity contribution in [1.82, 2.24) is 5.32 Å². The Kier molecular flexibility index (Phi) is 5.78. The second kappa shape index (κ2) is 8.24. The average Bonchev–Trinajstić information content (AvgIpc) is 2.64. The van der Waals surface area contributed by atoms with Crippen LogP contribution in [-0.2, 0) is 11.2 Å². The van der Waals surface area contributed by atoms with Crippen molar-refractivity contribution in [3.8, 4) is 0 Å². The van der Waals surface area contributed by atoms with E-state index in [1.807, 2.05) is 6.07 Å². The lowest BCUT2D eigenvalue weighted by atomic mass is 10.0. The second-order valence-corrected chi connectivity index (χ2v) is 6.38. The van der Waals surface area contributed by atoms with Gasteiger partial charge in [-0.25, -0.2) is 13.2 Å². The first kappa shape index (κ1) is 18.9. The first-order valence-electron chi connectivity index (χ1n) is 8.78. The number of halogens is 3. The van der Waals surface area contributed by atoms with Gasteiger partial charge in [-0.2, -0.15) is 0 Å². The van der Waals surface area contributed by atoms with Crippen LogP contribution in [0.1, 0.15) is 35.2 Å². The fourth-order valence-electron chi connectivity index (χ4n) is 3.20. The molecule has 0 fully saturated rings. The molecule has 0 aromatic heterocycles. The lowest BCUT2D eigenvalue weighted by Crippen LogP contribution is -2.36. The molecule has 0 radical (unpaired) electrons. The third kappa shape index (κ3) is 4.30. The van der Waals surface area contributed by atoms with Crippen LogP contribution < -0.4 is 10.2 Å². The van der Waals surface area contributed by atoms with Crippen molar-refractivity contribution < 1.29 is 22.8 Å². The van der Waals surface area contributed by atoms with Gasteiger partial charge in [-0.1, -0.05) is 12.1 Å². The van der Waals surface area contributed by atoms with Crippen LogP contribution in [0.3, 0.4) is 0 Å². The molecule has 0 spiro atoms. The van der Waals surface area contributed by atoms with E-state index in [2.05, 4.69) is 5.32 Å². The van der Waals surface area contributed by atoms with Crippen LogP contribution >= 0.6 is 0 Å². The monoisotopic (exact) mass is 376 g/mol. The van der Waals surface area contributed by atoms with Crippen LogP contribution in [0.15, 0.2) is 36.4 Å². The molecule has 2 aromatic rings. The Labute approximate surface area is 155 Å². The summed E-state index contributed by atoms with van der Waals surface area (Å²) in [5.74, 6) is -3.01. The largest absolute Gasteiger partial charge is 0.352 e. The van der Waals surface area contributed by atoms with Gasteiger partial charge in [0.2, 0.25) is 5.91 Å². The van der Waals surface area contributed by atoms with E-state index in [1.165, 1.54) is 11.0 Å². The number of anilines is 1. The molecule has 4 nitrogen and oxygen atoms in total. The number of nitrogens with one attached hydrogen (secondary N) is 1. The minimum absolute atomic E-state index is 0.125. The molecule has 27 heavy (non-hydrogen) atoms. The van der Waals surface area contributed by atoms with Crippen LogP contribution in [-0.4, -0.2) is 24.9 Å². The number of hydrogen-bond donors (Lipinski definition) is 1. The highest BCUT2D eigenvalue weighted by molar-refractivity contribution is 5.95. The van der Waals surface area contributed by atoms with Crippen molar-refractivity contribution >= 4 is 17.5 Å². The van der Waals surface area contributed by atoms with Gasteiger partial charge in [-0.05, 0) is 43.0 Å². The summed E-state index contributed by atoms with van der Waals surface area (Å²) in [6, 6.07) is 7.49. The normalized spacial score (nSPS) is 13.2. The summed E-state index contributed by atoms with van der Waals surface area (Å²) in [5.41, 5.74) is 0.899. The van der Waals surface area contributed by atoms with Gasteiger partial charge in [0.25, 0.3) is 5.91 Å². The molecular formula is C20H19F3N2O2. The molecule has 0 saturated carbocycles. The number of carbonyl (C=O) groups excluding carboxylic acids is 2. The number of benzene rings is 2. The summed E-state index contributed by atoms with van der Waals surface area (Å²) in [6.07, 6.45) is 1.95. The highest BCUT2D eigenvalue weighted by atomic mass is 19.1. The molecule has 0 saturated heterocycles. The molecule has 0 aliphatic carbocycles. The fourth-order valence-corrected chi connectivity index (χ4v) is 3.20. The Morgan fingerprint density at radius 3 is 2.67 bits per heavy atom. The van der Waals surface area contributed by atoms with E-state index >= 15 is 0 Å². The smallest absolute Gasteiger partial charge is 0.254 e. The Morgan fingerprint density at radius 1 is 1.07 bits per heavy atom. The first-order valence-corrected chi connectivity index (χ1v) is 8.78. The lowest BCUT2D eigenvalue weighted by Gasteiger charge is -2.30. The van der Waals surface area contributed by atoms with E-state index in [4.69, 9.17) is 0 Å². The summed E-state index contributed by atoms with van der Waals surface area (Å²) in [5, 5.41) is 2.50. The quantitative estimate of drug-likeness (QED) is 0.811. The van der Waals surface area contributed by atoms with Crippen LogP contribution in [0, 0.1) is 17.5 Å². The van der Waals surface area contributed by atoms with Crippen molar-refractivity contribution in [3.63, 3.8) is 0 Å². The first-order chi connectivity index (χ1) is 13.0. The third-order valence-electron chi connectivity index (χ3n) is 4.50. The summed E-state index contributed by atoms with van der Waals surface area (Å²) < 4.78 is 40.6. The summed E-state index contributed by atoms with van der Waals surface area (Å²) in [6.45, 7) is 0.610. The van der Waals surface area contributed by atoms with Crippen LogP contribution in [0.4, 0.5) is 18.9 Å². The number of aryl methyl sites for hydroxylation is 1. The zero-order chi connectivity index (χ0) is 19.4. The summed E-state index contributed by atoms with van der Waals surface area (Å²) >= 11 is 0. The maximum atomic E-state index is 14.1. The minimum atomic E-state index is -0.941. The number of para-hydroxylation sites is 1. The topological polar surface area (TPSA) is 49.4 Å². The molecule has 142 valence electrons. The summed E-state index contributed by atoms with van der Waals surface area (Å²) in [4.78, 5) is 25.8. The van der Waals surface area contributed by atoms with Gasteiger partial charge in [0, 0.05) is 25.6 Å². The highest BCUT2D eigenvalue weighted by Gasteiger charge is 2.25. The molecule has 1 aliphatic heterocycles. The zero-order valence-electron chi connectivity index (χ0n) is 14.6. The molecule has 2 aromatic carbocycles. The summed E-state index contributed by atoms with van der Waals surface area (Å²) in [7, 11) is 0. The number of fused-ring (bicyclic) bond motifs is 1.